The van der Waals surface area contributed by atoms with E-state index in [0.717, 1.165) is 30.2 Å². The number of halogens is 2. The Hall–Kier alpha value is -0.440. The van der Waals surface area contributed by atoms with Crippen molar-refractivity contribution in [1.82, 2.24) is 5.32 Å². The minimum atomic E-state index is 0.212. The fourth-order valence-electron chi connectivity index (χ4n) is 2.23. The topological polar surface area (TPSA) is 24.1 Å². The molecule has 0 saturated carbocycles. The molecule has 0 spiro atoms. The number of piperidine rings is 1. The molecular formula is C13H18Cl2N2. The highest BCUT2D eigenvalue weighted by Crippen LogP contribution is 2.32. The maximum absolute atomic E-state index is 6.17. The first-order valence-electron chi connectivity index (χ1n) is 5.91. The Morgan fingerprint density at radius 3 is 2.82 bits per heavy atom. The molecule has 1 fully saturated rings. The summed E-state index contributed by atoms with van der Waals surface area (Å²) >= 11 is 12.2. The molecular weight excluding hydrogens is 255 g/mol. The molecule has 1 saturated heterocycles. The normalized spacial score (nSPS) is 23.4. The second-order valence-corrected chi connectivity index (χ2v) is 6.12. The van der Waals surface area contributed by atoms with Crippen molar-refractivity contribution in [2.24, 2.45) is 5.41 Å². The van der Waals surface area contributed by atoms with E-state index in [-0.39, 0.29) is 5.41 Å². The van der Waals surface area contributed by atoms with Gasteiger partial charge in [-0.3, -0.25) is 0 Å². The first kappa shape index (κ1) is 13.0. The maximum atomic E-state index is 6.17. The van der Waals surface area contributed by atoms with Crippen LogP contribution in [-0.4, -0.2) is 19.1 Å². The minimum absolute atomic E-state index is 0.212. The molecule has 1 heterocycles. The number of rotatable bonds is 2. The second kappa shape index (κ2) is 5.05. The van der Waals surface area contributed by atoms with E-state index in [1.54, 1.807) is 0 Å². The van der Waals surface area contributed by atoms with Gasteiger partial charge in [0.25, 0.3) is 0 Å². The zero-order valence-electron chi connectivity index (χ0n) is 10.2. The van der Waals surface area contributed by atoms with Crippen LogP contribution in [0.1, 0.15) is 20.3 Å². The standard InChI is InChI=1S/C13H18Cl2N2/c1-13(2)8-16-6-5-12(13)17-11-7-9(14)3-4-10(11)15/h3-4,7,12,16-17H,5-6,8H2,1-2H3. The van der Waals surface area contributed by atoms with Crippen molar-refractivity contribution in [1.29, 1.82) is 0 Å². The molecule has 1 atom stereocenters. The lowest BCUT2D eigenvalue weighted by Gasteiger charge is -2.40. The molecule has 2 N–H and O–H groups in total. The number of hydrogen-bond donors (Lipinski definition) is 2. The summed E-state index contributed by atoms with van der Waals surface area (Å²) in [6.07, 6.45) is 1.09. The molecule has 0 aliphatic carbocycles. The van der Waals surface area contributed by atoms with Crippen molar-refractivity contribution < 1.29 is 0 Å². The van der Waals surface area contributed by atoms with Crippen LogP contribution in [0.4, 0.5) is 5.69 Å². The van der Waals surface area contributed by atoms with E-state index >= 15 is 0 Å². The van der Waals surface area contributed by atoms with Crippen molar-refractivity contribution >= 4 is 28.9 Å². The van der Waals surface area contributed by atoms with Gasteiger partial charge in [-0.05, 0) is 36.6 Å². The molecule has 17 heavy (non-hydrogen) atoms. The van der Waals surface area contributed by atoms with Crippen molar-refractivity contribution in [3.8, 4) is 0 Å². The third-order valence-electron chi connectivity index (χ3n) is 3.39. The van der Waals surface area contributed by atoms with Crippen molar-refractivity contribution in [3.63, 3.8) is 0 Å². The van der Waals surface area contributed by atoms with E-state index in [9.17, 15) is 0 Å². The van der Waals surface area contributed by atoms with Gasteiger partial charge in [-0.1, -0.05) is 37.0 Å². The molecule has 1 aliphatic rings. The van der Waals surface area contributed by atoms with Gasteiger partial charge in [0, 0.05) is 17.6 Å². The molecule has 1 aromatic carbocycles. The van der Waals surface area contributed by atoms with Gasteiger partial charge in [0.1, 0.15) is 0 Å². The highest BCUT2D eigenvalue weighted by Gasteiger charge is 2.32. The average molecular weight is 273 g/mol. The molecule has 4 heteroatoms. The van der Waals surface area contributed by atoms with E-state index < -0.39 is 0 Å². The van der Waals surface area contributed by atoms with Crippen molar-refractivity contribution in [2.75, 3.05) is 18.4 Å². The average Bonchev–Trinajstić information content (AvgIpc) is 2.26. The fraction of sp³-hybridized carbons (Fsp3) is 0.538. The van der Waals surface area contributed by atoms with Gasteiger partial charge in [-0.2, -0.15) is 0 Å². The number of nitrogens with one attached hydrogen (secondary N) is 2. The Morgan fingerprint density at radius 2 is 2.12 bits per heavy atom. The Bertz CT molecular complexity index is 404. The van der Waals surface area contributed by atoms with Gasteiger partial charge < -0.3 is 10.6 Å². The Morgan fingerprint density at radius 1 is 1.35 bits per heavy atom. The zero-order valence-corrected chi connectivity index (χ0v) is 11.7. The molecule has 94 valence electrons. The minimum Gasteiger partial charge on any atom is -0.380 e. The Balaban J connectivity index is 2.16. The van der Waals surface area contributed by atoms with Crippen molar-refractivity contribution in [3.05, 3.63) is 28.2 Å². The van der Waals surface area contributed by atoms with Gasteiger partial charge in [0.2, 0.25) is 0 Å². The van der Waals surface area contributed by atoms with E-state index in [1.807, 2.05) is 18.2 Å². The second-order valence-electron chi connectivity index (χ2n) is 5.28. The summed E-state index contributed by atoms with van der Waals surface area (Å²) in [5, 5.41) is 8.38. The summed E-state index contributed by atoms with van der Waals surface area (Å²) in [4.78, 5) is 0. The van der Waals surface area contributed by atoms with Crippen LogP contribution in [0.3, 0.4) is 0 Å². The van der Waals surface area contributed by atoms with Crippen LogP contribution in [0.15, 0.2) is 18.2 Å². The van der Waals surface area contributed by atoms with E-state index in [1.165, 1.54) is 0 Å². The van der Waals surface area contributed by atoms with Crippen LogP contribution in [0.2, 0.25) is 10.0 Å². The largest absolute Gasteiger partial charge is 0.380 e. The molecule has 1 aliphatic heterocycles. The van der Waals surface area contributed by atoms with Gasteiger partial charge in [-0.25, -0.2) is 0 Å². The fourth-order valence-corrected chi connectivity index (χ4v) is 2.58. The number of anilines is 1. The summed E-state index contributed by atoms with van der Waals surface area (Å²) in [6, 6.07) is 5.95. The van der Waals surface area contributed by atoms with Crippen LogP contribution in [0.25, 0.3) is 0 Å². The Kier molecular flexibility index (Phi) is 3.86. The first-order chi connectivity index (χ1) is 7.99. The molecule has 0 radical (unpaired) electrons. The molecule has 2 rings (SSSR count). The third kappa shape index (κ3) is 3.06. The molecule has 0 aromatic heterocycles. The summed E-state index contributed by atoms with van der Waals surface area (Å²) in [5.74, 6) is 0. The number of benzene rings is 1. The molecule has 1 aromatic rings. The van der Waals surface area contributed by atoms with Crippen LogP contribution >= 0.6 is 23.2 Å². The lowest BCUT2D eigenvalue weighted by Crippen LogP contribution is -2.49. The van der Waals surface area contributed by atoms with Crippen LogP contribution in [0.5, 0.6) is 0 Å². The number of hydrogen-bond acceptors (Lipinski definition) is 2. The third-order valence-corrected chi connectivity index (χ3v) is 3.96. The predicted octanol–water partition coefficient (Wildman–Crippen LogP) is 3.79. The van der Waals surface area contributed by atoms with Crippen molar-refractivity contribution in [2.45, 2.75) is 26.3 Å². The van der Waals surface area contributed by atoms with Crippen LogP contribution in [0, 0.1) is 5.41 Å². The molecule has 0 amide bonds. The highest BCUT2D eigenvalue weighted by atomic mass is 35.5. The van der Waals surface area contributed by atoms with E-state index in [4.69, 9.17) is 23.2 Å². The summed E-state index contributed by atoms with van der Waals surface area (Å²) in [7, 11) is 0. The van der Waals surface area contributed by atoms with Crippen LogP contribution in [-0.2, 0) is 0 Å². The summed E-state index contributed by atoms with van der Waals surface area (Å²) < 4.78 is 0. The monoisotopic (exact) mass is 272 g/mol. The zero-order chi connectivity index (χ0) is 12.5. The lowest BCUT2D eigenvalue weighted by atomic mass is 9.80. The predicted molar refractivity (Wildman–Crippen MR) is 75.1 cm³/mol. The van der Waals surface area contributed by atoms with Gasteiger partial charge >= 0.3 is 0 Å². The quantitative estimate of drug-likeness (QED) is 0.856. The van der Waals surface area contributed by atoms with Gasteiger partial charge in [0.05, 0.1) is 10.7 Å². The van der Waals surface area contributed by atoms with Crippen LogP contribution < -0.4 is 10.6 Å². The van der Waals surface area contributed by atoms with E-state index in [0.29, 0.717) is 11.1 Å². The Labute approximate surface area is 113 Å². The summed E-state index contributed by atoms with van der Waals surface area (Å²) in [6.45, 7) is 6.58. The molecule has 0 bridgehead atoms. The SMILES string of the molecule is CC1(C)CNCCC1Nc1cc(Cl)ccc1Cl. The van der Waals surface area contributed by atoms with Gasteiger partial charge in [0.15, 0.2) is 0 Å². The smallest absolute Gasteiger partial charge is 0.0638 e. The first-order valence-corrected chi connectivity index (χ1v) is 6.67. The lowest BCUT2D eigenvalue weighted by molar-refractivity contribution is 0.236. The maximum Gasteiger partial charge on any atom is 0.0638 e. The molecule has 2 nitrogen and oxygen atoms in total. The van der Waals surface area contributed by atoms with Gasteiger partial charge in [-0.15, -0.1) is 0 Å². The summed E-state index contributed by atoms with van der Waals surface area (Å²) in [5.41, 5.74) is 1.14. The van der Waals surface area contributed by atoms with E-state index in [2.05, 4.69) is 24.5 Å². The highest BCUT2D eigenvalue weighted by molar-refractivity contribution is 6.35. The molecule has 1 unspecified atom stereocenters.